The Bertz CT molecular complexity index is 959. The van der Waals surface area contributed by atoms with Gasteiger partial charge in [-0.3, -0.25) is 4.40 Å². The molecule has 0 N–H and O–H groups in total. The molecule has 0 amide bonds. The van der Waals surface area contributed by atoms with Gasteiger partial charge >= 0.3 is 0 Å². The van der Waals surface area contributed by atoms with Gasteiger partial charge in [-0.05, 0) is 19.1 Å². The van der Waals surface area contributed by atoms with Crippen molar-refractivity contribution in [2.24, 2.45) is 0 Å². The minimum atomic E-state index is 0.724. The fraction of sp³-hybridized carbons (Fsp3) is 0.450. The van der Waals surface area contributed by atoms with E-state index >= 15 is 0 Å². The maximum atomic E-state index is 5.48. The summed E-state index contributed by atoms with van der Waals surface area (Å²) in [7, 11) is 0. The van der Waals surface area contributed by atoms with Crippen molar-refractivity contribution in [3.05, 3.63) is 36.4 Å². The molecule has 0 atom stereocenters. The Morgan fingerprint density at radius 3 is 2.29 bits per heavy atom. The summed E-state index contributed by atoms with van der Waals surface area (Å²) < 4.78 is 13.0. The second-order valence-electron chi connectivity index (χ2n) is 7.09. The Morgan fingerprint density at radius 1 is 0.893 bits per heavy atom. The predicted molar refractivity (Wildman–Crippen MR) is 107 cm³/mol. The molecule has 2 aliphatic rings. The second kappa shape index (κ2) is 7.37. The third kappa shape index (κ3) is 3.08. The minimum absolute atomic E-state index is 0.724. The van der Waals surface area contributed by atoms with Gasteiger partial charge in [-0.15, -0.1) is 0 Å². The van der Waals surface area contributed by atoms with Crippen LogP contribution >= 0.6 is 0 Å². The Kier molecular flexibility index (Phi) is 4.58. The third-order valence-corrected chi connectivity index (χ3v) is 5.36. The first kappa shape index (κ1) is 17.4. The van der Waals surface area contributed by atoms with Crippen molar-refractivity contribution in [1.82, 2.24) is 19.4 Å². The normalized spacial score (nSPS) is 18.0. The number of pyridine rings is 1. The van der Waals surface area contributed by atoms with E-state index in [1.165, 1.54) is 0 Å². The molecule has 0 aromatic carbocycles. The molecule has 0 radical (unpaired) electrons. The Balaban J connectivity index is 1.51. The number of rotatable bonds is 3. The standard InChI is InChI=1S/C20H24N6O2/c1-15-18(16-2-3-17(22-14-16)24-6-10-27-11-7-24)26-5-4-21-19(20(26)23-15)25-8-12-28-13-9-25/h2-5,14H,6-13H2,1H3. The first-order valence-electron chi connectivity index (χ1n) is 9.77. The summed E-state index contributed by atoms with van der Waals surface area (Å²) in [6.07, 6.45) is 5.76. The van der Waals surface area contributed by atoms with Crippen molar-refractivity contribution in [3.8, 4) is 11.3 Å². The number of aryl methyl sites for hydroxylation is 1. The number of nitrogens with zero attached hydrogens (tertiary/aromatic N) is 6. The van der Waals surface area contributed by atoms with Crippen molar-refractivity contribution in [1.29, 1.82) is 0 Å². The van der Waals surface area contributed by atoms with E-state index in [0.29, 0.717) is 0 Å². The highest BCUT2D eigenvalue weighted by Gasteiger charge is 2.20. The first-order valence-corrected chi connectivity index (χ1v) is 9.77. The maximum absolute atomic E-state index is 5.48. The zero-order chi connectivity index (χ0) is 18.9. The van der Waals surface area contributed by atoms with Crippen molar-refractivity contribution >= 4 is 17.3 Å². The average molecular weight is 380 g/mol. The van der Waals surface area contributed by atoms with Crippen LogP contribution in [0.1, 0.15) is 5.69 Å². The van der Waals surface area contributed by atoms with E-state index < -0.39 is 0 Å². The smallest absolute Gasteiger partial charge is 0.181 e. The molecule has 0 aliphatic carbocycles. The molecule has 8 nitrogen and oxygen atoms in total. The Labute approximate surface area is 163 Å². The van der Waals surface area contributed by atoms with Gasteiger partial charge in [0.25, 0.3) is 0 Å². The van der Waals surface area contributed by atoms with Gasteiger partial charge in [0.05, 0.1) is 37.8 Å². The second-order valence-corrected chi connectivity index (χ2v) is 7.09. The molecule has 3 aromatic heterocycles. The molecule has 2 aliphatic heterocycles. The molecule has 2 saturated heterocycles. The molecular formula is C20H24N6O2. The molecule has 2 fully saturated rings. The molecular weight excluding hydrogens is 356 g/mol. The van der Waals surface area contributed by atoms with E-state index in [2.05, 4.69) is 31.3 Å². The van der Waals surface area contributed by atoms with Crippen LogP contribution in [0.3, 0.4) is 0 Å². The average Bonchev–Trinajstić information content (AvgIpc) is 3.11. The van der Waals surface area contributed by atoms with Crippen LogP contribution in [0.25, 0.3) is 16.9 Å². The van der Waals surface area contributed by atoms with Crippen LogP contribution < -0.4 is 9.80 Å². The molecule has 0 saturated carbocycles. The largest absolute Gasteiger partial charge is 0.378 e. The highest BCUT2D eigenvalue weighted by atomic mass is 16.5. The van der Waals surface area contributed by atoms with Gasteiger partial charge in [0.1, 0.15) is 5.82 Å². The lowest BCUT2D eigenvalue weighted by molar-refractivity contribution is 0.122. The van der Waals surface area contributed by atoms with E-state index in [1.807, 2.05) is 25.5 Å². The number of hydrogen-bond acceptors (Lipinski definition) is 7. The minimum Gasteiger partial charge on any atom is -0.378 e. The lowest BCUT2D eigenvalue weighted by atomic mass is 10.1. The number of imidazole rings is 1. The quantitative estimate of drug-likeness (QED) is 0.686. The molecule has 146 valence electrons. The van der Waals surface area contributed by atoms with Crippen LogP contribution in [0.15, 0.2) is 30.7 Å². The number of anilines is 2. The monoisotopic (exact) mass is 380 g/mol. The zero-order valence-electron chi connectivity index (χ0n) is 16.0. The van der Waals surface area contributed by atoms with E-state index in [0.717, 1.165) is 86.8 Å². The molecule has 5 rings (SSSR count). The van der Waals surface area contributed by atoms with Crippen LogP contribution in [0.5, 0.6) is 0 Å². The molecule has 28 heavy (non-hydrogen) atoms. The summed E-state index contributed by atoms with van der Waals surface area (Å²) in [6.45, 7) is 8.45. The van der Waals surface area contributed by atoms with E-state index in [1.54, 1.807) is 0 Å². The topological polar surface area (TPSA) is 68.0 Å². The lowest BCUT2D eigenvalue weighted by Gasteiger charge is -2.28. The van der Waals surface area contributed by atoms with Gasteiger partial charge in [-0.1, -0.05) is 0 Å². The van der Waals surface area contributed by atoms with Gasteiger partial charge in [0, 0.05) is 50.3 Å². The molecule has 0 spiro atoms. The van der Waals surface area contributed by atoms with Gasteiger partial charge in [0.2, 0.25) is 0 Å². The number of morpholine rings is 2. The van der Waals surface area contributed by atoms with Gasteiger partial charge in [-0.2, -0.15) is 0 Å². The molecule has 3 aromatic rings. The lowest BCUT2D eigenvalue weighted by Crippen LogP contribution is -2.37. The van der Waals surface area contributed by atoms with Crippen LogP contribution in [0.2, 0.25) is 0 Å². The van der Waals surface area contributed by atoms with Gasteiger partial charge in [0.15, 0.2) is 11.5 Å². The number of ether oxygens (including phenoxy) is 2. The van der Waals surface area contributed by atoms with Crippen LogP contribution in [0.4, 0.5) is 11.6 Å². The van der Waals surface area contributed by atoms with Crippen molar-refractivity contribution in [2.45, 2.75) is 6.92 Å². The predicted octanol–water partition coefficient (Wildman–Crippen LogP) is 1.77. The van der Waals surface area contributed by atoms with Gasteiger partial charge in [-0.25, -0.2) is 15.0 Å². The fourth-order valence-electron chi connectivity index (χ4n) is 3.93. The zero-order valence-corrected chi connectivity index (χ0v) is 16.0. The fourth-order valence-corrected chi connectivity index (χ4v) is 3.93. The van der Waals surface area contributed by atoms with E-state index in [4.69, 9.17) is 19.4 Å². The molecule has 8 heteroatoms. The summed E-state index contributed by atoms with van der Waals surface area (Å²) in [4.78, 5) is 18.7. The Morgan fingerprint density at radius 2 is 1.61 bits per heavy atom. The van der Waals surface area contributed by atoms with Gasteiger partial charge < -0.3 is 19.3 Å². The van der Waals surface area contributed by atoms with Crippen LogP contribution in [-0.2, 0) is 9.47 Å². The maximum Gasteiger partial charge on any atom is 0.181 e. The molecule has 0 bridgehead atoms. The number of aromatic nitrogens is 4. The van der Waals surface area contributed by atoms with Crippen molar-refractivity contribution in [3.63, 3.8) is 0 Å². The highest BCUT2D eigenvalue weighted by Crippen LogP contribution is 2.29. The summed E-state index contributed by atoms with van der Waals surface area (Å²) >= 11 is 0. The summed E-state index contributed by atoms with van der Waals surface area (Å²) in [5, 5.41) is 0. The number of hydrogen-bond donors (Lipinski definition) is 0. The third-order valence-electron chi connectivity index (χ3n) is 5.36. The van der Waals surface area contributed by atoms with Crippen LogP contribution in [0, 0.1) is 6.92 Å². The van der Waals surface area contributed by atoms with Crippen LogP contribution in [-0.4, -0.2) is 72.0 Å². The SMILES string of the molecule is Cc1nc2c(N3CCOCC3)nccn2c1-c1ccc(N2CCOCC2)nc1. The van der Waals surface area contributed by atoms with E-state index in [-0.39, 0.29) is 0 Å². The number of fused-ring (bicyclic) bond motifs is 1. The highest BCUT2D eigenvalue weighted by molar-refractivity contribution is 5.73. The Hall–Kier alpha value is -2.71. The van der Waals surface area contributed by atoms with Crippen molar-refractivity contribution < 1.29 is 9.47 Å². The molecule has 5 heterocycles. The molecule has 0 unspecified atom stereocenters. The first-order chi connectivity index (χ1) is 13.8. The summed E-state index contributed by atoms with van der Waals surface area (Å²) in [5.41, 5.74) is 3.98. The van der Waals surface area contributed by atoms with Crippen molar-refractivity contribution in [2.75, 3.05) is 62.4 Å². The van der Waals surface area contributed by atoms with E-state index in [9.17, 15) is 0 Å². The summed E-state index contributed by atoms with van der Waals surface area (Å²) in [5.74, 6) is 1.91. The summed E-state index contributed by atoms with van der Waals surface area (Å²) in [6, 6.07) is 4.21.